The molecule has 1 rings (SSSR count). The van der Waals surface area contributed by atoms with Crippen molar-refractivity contribution < 1.29 is 0 Å². The lowest BCUT2D eigenvalue weighted by Gasteiger charge is -2.06. The van der Waals surface area contributed by atoms with Crippen molar-refractivity contribution in [2.45, 2.75) is 71.6 Å². The fourth-order valence-electron chi connectivity index (χ4n) is 2.26. The average molecular weight is 221 g/mol. The van der Waals surface area contributed by atoms with Gasteiger partial charge in [-0.1, -0.05) is 52.9 Å². The van der Waals surface area contributed by atoms with Gasteiger partial charge in [0.15, 0.2) is 0 Å². The summed E-state index contributed by atoms with van der Waals surface area (Å²) in [5.74, 6) is 0.654. The predicted octanol–water partition coefficient (Wildman–Crippen LogP) is 5.04. The summed E-state index contributed by atoms with van der Waals surface area (Å²) in [7, 11) is 0. The molecule has 0 aliphatic heterocycles. The van der Waals surface area contributed by atoms with Crippen LogP contribution in [-0.2, 0) is 6.42 Å². The number of unbranched alkanes of at least 4 members (excludes halogenated alkanes) is 5. The van der Waals surface area contributed by atoms with Gasteiger partial charge >= 0.3 is 0 Å². The smallest absolute Gasteiger partial charge is 0.00428 e. The molecule has 0 bridgehead atoms. The zero-order valence-corrected chi connectivity index (χ0v) is 11.2. The monoisotopic (exact) mass is 221 g/mol. The molecule has 1 nitrogen and oxygen atoms in total. The topological polar surface area (TPSA) is 15.8 Å². The van der Waals surface area contributed by atoms with Crippen LogP contribution < -0.4 is 0 Å². The summed E-state index contributed by atoms with van der Waals surface area (Å²) in [6.07, 6.45) is 13.9. The van der Waals surface area contributed by atoms with Gasteiger partial charge in [-0.15, -0.1) is 0 Å². The lowest BCUT2D eigenvalue weighted by atomic mass is 9.98. The van der Waals surface area contributed by atoms with Crippen LogP contribution in [0.4, 0.5) is 0 Å². The molecule has 1 aromatic heterocycles. The zero-order valence-electron chi connectivity index (χ0n) is 11.2. The number of hydrogen-bond acceptors (Lipinski definition) is 0. The third-order valence-corrected chi connectivity index (χ3v) is 3.29. The van der Waals surface area contributed by atoms with E-state index in [1.54, 1.807) is 0 Å². The highest BCUT2D eigenvalue weighted by atomic mass is 14.6. The van der Waals surface area contributed by atoms with E-state index in [-0.39, 0.29) is 0 Å². The molecule has 0 amide bonds. The standard InChI is InChI=1S/C15H27N/c1-4-5-6-7-8-9-10-14-11-16-12-15(14)13(2)3/h11-13,16H,4-10H2,1-3H3. The van der Waals surface area contributed by atoms with E-state index in [9.17, 15) is 0 Å². The minimum Gasteiger partial charge on any atom is -0.367 e. The molecular weight excluding hydrogens is 194 g/mol. The summed E-state index contributed by atoms with van der Waals surface area (Å²) in [5.41, 5.74) is 3.04. The SMILES string of the molecule is CCCCCCCCc1c[nH]cc1C(C)C. The number of aromatic amines is 1. The first-order valence-electron chi connectivity index (χ1n) is 6.91. The molecule has 0 saturated heterocycles. The molecule has 1 aromatic rings. The highest BCUT2D eigenvalue weighted by Gasteiger charge is 2.06. The Morgan fingerprint density at radius 2 is 1.69 bits per heavy atom. The van der Waals surface area contributed by atoms with Gasteiger partial charge in [-0.05, 0) is 29.9 Å². The van der Waals surface area contributed by atoms with Gasteiger partial charge in [0.05, 0.1) is 0 Å². The van der Waals surface area contributed by atoms with E-state index >= 15 is 0 Å². The maximum Gasteiger partial charge on any atom is 0.00428 e. The van der Waals surface area contributed by atoms with Crippen LogP contribution >= 0.6 is 0 Å². The molecule has 0 spiro atoms. The molecule has 1 heteroatoms. The average Bonchev–Trinajstić information content (AvgIpc) is 2.71. The Labute approximate surface area is 101 Å². The van der Waals surface area contributed by atoms with Crippen molar-refractivity contribution in [2.24, 2.45) is 0 Å². The van der Waals surface area contributed by atoms with Gasteiger partial charge in [0, 0.05) is 12.4 Å². The number of hydrogen-bond donors (Lipinski definition) is 1. The number of nitrogens with one attached hydrogen (secondary N) is 1. The van der Waals surface area contributed by atoms with Gasteiger partial charge in [-0.3, -0.25) is 0 Å². The summed E-state index contributed by atoms with van der Waals surface area (Å²) in [6, 6.07) is 0. The first-order valence-corrected chi connectivity index (χ1v) is 6.91. The maximum atomic E-state index is 3.24. The third kappa shape index (κ3) is 4.42. The summed E-state index contributed by atoms with van der Waals surface area (Å²) >= 11 is 0. The van der Waals surface area contributed by atoms with Gasteiger partial charge in [-0.2, -0.15) is 0 Å². The normalized spacial score (nSPS) is 11.2. The molecular formula is C15H27N. The van der Waals surface area contributed by atoms with Crippen LogP contribution in [0.1, 0.15) is 76.3 Å². The van der Waals surface area contributed by atoms with Gasteiger partial charge < -0.3 is 4.98 Å². The highest BCUT2D eigenvalue weighted by Crippen LogP contribution is 2.20. The molecule has 0 aromatic carbocycles. The van der Waals surface area contributed by atoms with Gasteiger partial charge in [0.1, 0.15) is 0 Å². The highest BCUT2D eigenvalue weighted by molar-refractivity contribution is 5.26. The Morgan fingerprint density at radius 1 is 1.00 bits per heavy atom. The van der Waals surface area contributed by atoms with Crippen LogP contribution in [0, 0.1) is 0 Å². The van der Waals surface area contributed by atoms with Crippen molar-refractivity contribution in [3.05, 3.63) is 23.5 Å². The molecule has 0 aliphatic carbocycles. The van der Waals surface area contributed by atoms with E-state index in [4.69, 9.17) is 0 Å². The number of H-pyrrole nitrogens is 1. The minimum atomic E-state index is 0.654. The zero-order chi connectivity index (χ0) is 11.8. The summed E-state index contributed by atoms with van der Waals surface area (Å²) < 4.78 is 0. The minimum absolute atomic E-state index is 0.654. The van der Waals surface area contributed by atoms with Gasteiger partial charge in [-0.25, -0.2) is 0 Å². The predicted molar refractivity (Wildman–Crippen MR) is 72.0 cm³/mol. The van der Waals surface area contributed by atoms with Crippen LogP contribution in [0.25, 0.3) is 0 Å². The molecule has 0 unspecified atom stereocenters. The lowest BCUT2D eigenvalue weighted by Crippen LogP contribution is -1.92. The quantitative estimate of drug-likeness (QED) is 0.592. The third-order valence-electron chi connectivity index (χ3n) is 3.29. The van der Waals surface area contributed by atoms with Crippen molar-refractivity contribution >= 4 is 0 Å². The summed E-state index contributed by atoms with van der Waals surface area (Å²) in [4.78, 5) is 3.24. The van der Waals surface area contributed by atoms with E-state index in [0.717, 1.165) is 0 Å². The van der Waals surface area contributed by atoms with E-state index in [1.165, 1.54) is 56.1 Å². The van der Waals surface area contributed by atoms with Crippen molar-refractivity contribution in [3.63, 3.8) is 0 Å². The van der Waals surface area contributed by atoms with Crippen molar-refractivity contribution in [3.8, 4) is 0 Å². The molecule has 0 aliphatic rings. The number of aromatic nitrogens is 1. The molecule has 0 radical (unpaired) electrons. The van der Waals surface area contributed by atoms with Crippen LogP contribution in [0.15, 0.2) is 12.4 Å². The fraction of sp³-hybridized carbons (Fsp3) is 0.733. The lowest BCUT2D eigenvalue weighted by molar-refractivity contribution is 0.606. The van der Waals surface area contributed by atoms with Crippen molar-refractivity contribution in [1.29, 1.82) is 0 Å². The van der Waals surface area contributed by atoms with Gasteiger partial charge in [0.25, 0.3) is 0 Å². The Morgan fingerprint density at radius 3 is 2.38 bits per heavy atom. The fourth-order valence-corrected chi connectivity index (χ4v) is 2.26. The molecule has 16 heavy (non-hydrogen) atoms. The first kappa shape index (κ1) is 13.3. The van der Waals surface area contributed by atoms with Gasteiger partial charge in [0.2, 0.25) is 0 Å². The Balaban J connectivity index is 2.19. The Kier molecular flexibility index (Phi) is 6.29. The summed E-state index contributed by atoms with van der Waals surface area (Å²) in [6.45, 7) is 6.82. The number of aryl methyl sites for hydroxylation is 1. The number of rotatable bonds is 8. The molecule has 92 valence electrons. The second-order valence-electron chi connectivity index (χ2n) is 5.11. The second kappa shape index (κ2) is 7.54. The summed E-state index contributed by atoms with van der Waals surface area (Å²) in [5, 5.41) is 0. The van der Waals surface area contributed by atoms with E-state index in [1.807, 2.05) is 0 Å². The van der Waals surface area contributed by atoms with Crippen LogP contribution in [0.2, 0.25) is 0 Å². The molecule has 0 saturated carbocycles. The Bertz CT molecular complexity index is 273. The van der Waals surface area contributed by atoms with Crippen LogP contribution in [-0.4, -0.2) is 4.98 Å². The van der Waals surface area contributed by atoms with Crippen molar-refractivity contribution in [2.75, 3.05) is 0 Å². The molecule has 0 atom stereocenters. The van der Waals surface area contributed by atoms with E-state index in [0.29, 0.717) is 5.92 Å². The van der Waals surface area contributed by atoms with Crippen LogP contribution in [0.5, 0.6) is 0 Å². The maximum absolute atomic E-state index is 3.24. The molecule has 0 fully saturated rings. The van der Waals surface area contributed by atoms with E-state index in [2.05, 4.69) is 38.1 Å². The molecule has 1 heterocycles. The first-order chi connectivity index (χ1) is 7.75. The molecule has 1 N–H and O–H groups in total. The van der Waals surface area contributed by atoms with Crippen LogP contribution in [0.3, 0.4) is 0 Å². The Hall–Kier alpha value is -0.720. The largest absolute Gasteiger partial charge is 0.367 e. The van der Waals surface area contributed by atoms with E-state index < -0.39 is 0 Å². The van der Waals surface area contributed by atoms with Crippen molar-refractivity contribution in [1.82, 2.24) is 4.98 Å². The second-order valence-corrected chi connectivity index (χ2v) is 5.11.